The molecule has 0 aliphatic carbocycles. The predicted octanol–water partition coefficient (Wildman–Crippen LogP) is 4.75. The van der Waals surface area contributed by atoms with E-state index < -0.39 is 5.25 Å². The van der Waals surface area contributed by atoms with Gasteiger partial charge in [0.05, 0.1) is 10.2 Å². The fourth-order valence-electron chi connectivity index (χ4n) is 3.09. The maximum absolute atomic E-state index is 12.9. The molecular weight excluding hydrogens is 416 g/mol. The Kier molecular flexibility index (Phi) is 5.96. The van der Waals surface area contributed by atoms with Crippen molar-refractivity contribution >= 4 is 61.1 Å². The van der Waals surface area contributed by atoms with Gasteiger partial charge < -0.3 is 5.32 Å². The molecule has 4 rings (SSSR count). The summed E-state index contributed by atoms with van der Waals surface area (Å²) in [6, 6.07) is 15.4. The summed E-state index contributed by atoms with van der Waals surface area (Å²) < 4.78 is 1.04. The van der Waals surface area contributed by atoms with E-state index in [1.807, 2.05) is 55.5 Å². The van der Waals surface area contributed by atoms with Gasteiger partial charge in [0.2, 0.25) is 16.9 Å². The second-order valence-electron chi connectivity index (χ2n) is 6.77. The minimum atomic E-state index is -0.526. The Bertz CT molecular complexity index is 1120. The van der Waals surface area contributed by atoms with Crippen molar-refractivity contribution in [1.82, 2.24) is 9.88 Å². The maximum Gasteiger partial charge on any atom is 0.242 e. The molecule has 1 saturated heterocycles. The number of nitrogens with one attached hydrogen (secondary N) is 1. The Hall–Kier alpha value is -2.97. The van der Waals surface area contributed by atoms with Crippen LogP contribution >= 0.6 is 23.1 Å². The largest absolute Gasteiger partial charge is 0.326 e. The van der Waals surface area contributed by atoms with Crippen molar-refractivity contribution in [3.63, 3.8) is 0 Å². The van der Waals surface area contributed by atoms with E-state index in [1.54, 1.807) is 11.0 Å². The van der Waals surface area contributed by atoms with E-state index in [1.165, 1.54) is 23.1 Å². The van der Waals surface area contributed by atoms with E-state index in [0.29, 0.717) is 16.8 Å². The van der Waals surface area contributed by atoms with E-state index in [4.69, 9.17) is 0 Å². The Morgan fingerprint density at radius 1 is 1.27 bits per heavy atom. The first-order valence-corrected chi connectivity index (χ1v) is 11.1. The monoisotopic (exact) mass is 436 g/mol. The molecule has 0 saturated carbocycles. The first-order valence-electron chi connectivity index (χ1n) is 9.44. The zero-order valence-electron chi connectivity index (χ0n) is 16.4. The van der Waals surface area contributed by atoms with Gasteiger partial charge in [-0.05, 0) is 30.7 Å². The molecule has 1 aliphatic heterocycles. The van der Waals surface area contributed by atoms with Gasteiger partial charge in [0.25, 0.3) is 0 Å². The van der Waals surface area contributed by atoms with Crippen LogP contribution in [0, 0.1) is 6.92 Å². The summed E-state index contributed by atoms with van der Waals surface area (Å²) in [4.78, 5) is 36.2. The summed E-state index contributed by atoms with van der Waals surface area (Å²) in [5.41, 5.74) is 2.60. The van der Waals surface area contributed by atoms with Gasteiger partial charge in [-0.15, -0.1) is 6.58 Å². The topological polar surface area (TPSA) is 74.7 Å². The Labute approximate surface area is 182 Å². The van der Waals surface area contributed by atoms with Gasteiger partial charge in [0.15, 0.2) is 5.17 Å². The highest BCUT2D eigenvalue weighted by Crippen LogP contribution is 2.34. The van der Waals surface area contributed by atoms with Gasteiger partial charge in [-0.1, -0.05) is 59.5 Å². The SMILES string of the molecule is C=CCN1C(=O)C(CC(=O)Nc2ccccc2C)SC1=Nc1nc2ccccc2s1. The van der Waals surface area contributed by atoms with Crippen molar-refractivity contribution in [2.24, 2.45) is 4.99 Å². The lowest BCUT2D eigenvalue weighted by atomic mass is 10.2. The number of nitrogens with zero attached hydrogens (tertiary/aromatic N) is 3. The number of carbonyl (C=O) groups excluding carboxylic acids is 2. The van der Waals surface area contributed by atoms with Gasteiger partial charge in [0, 0.05) is 18.7 Å². The molecule has 0 bridgehead atoms. The zero-order chi connectivity index (χ0) is 21.1. The molecular formula is C22H20N4O2S2. The summed E-state index contributed by atoms with van der Waals surface area (Å²) in [5, 5.41) is 3.50. The summed E-state index contributed by atoms with van der Waals surface area (Å²) in [5.74, 6) is -0.338. The van der Waals surface area contributed by atoms with Crippen molar-refractivity contribution in [1.29, 1.82) is 0 Å². The minimum absolute atomic E-state index is 0.0738. The molecule has 1 unspecified atom stereocenters. The van der Waals surface area contributed by atoms with Crippen LogP contribution in [0.25, 0.3) is 10.2 Å². The van der Waals surface area contributed by atoms with E-state index >= 15 is 0 Å². The number of fused-ring (bicyclic) bond motifs is 1. The summed E-state index contributed by atoms with van der Waals surface area (Å²) in [7, 11) is 0. The third kappa shape index (κ3) is 4.29. The molecule has 2 amide bonds. The Balaban J connectivity index is 1.52. The molecule has 6 nitrogen and oxygen atoms in total. The molecule has 30 heavy (non-hydrogen) atoms. The van der Waals surface area contributed by atoms with Crippen molar-refractivity contribution in [2.75, 3.05) is 11.9 Å². The number of amides is 2. The minimum Gasteiger partial charge on any atom is -0.326 e. The fraction of sp³-hybridized carbons (Fsp3) is 0.182. The zero-order valence-corrected chi connectivity index (χ0v) is 18.0. The third-order valence-electron chi connectivity index (χ3n) is 4.60. The molecule has 0 spiro atoms. The highest BCUT2D eigenvalue weighted by Gasteiger charge is 2.38. The van der Waals surface area contributed by atoms with Gasteiger partial charge in [0.1, 0.15) is 5.25 Å². The van der Waals surface area contributed by atoms with E-state index in [2.05, 4.69) is 21.9 Å². The van der Waals surface area contributed by atoms with Crippen LogP contribution in [0.4, 0.5) is 10.8 Å². The lowest BCUT2D eigenvalue weighted by molar-refractivity contribution is -0.127. The number of aliphatic imine (C=N–C) groups is 1. The van der Waals surface area contributed by atoms with Gasteiger partial charge in [-0.3, -0.25) is 14.5 Å². The standard InChI is InChI=1S/C22H20N4O2S2/c1-3-12-26-20(28)18(13-19(27)23-15-9-5-4-8-14(15)2)30-22(26)25-21-24-16-10-6-7-11-17(16)29-21/h3-11,18H,1,12-13H2,2H3,(H,23,27). The number of carbonyl (C=O) groups is 2. The molecule has 1 N–H and O–H groups in total. The summed E-state index contributed by atoms with van der Waals surface area (Å²) in [6.45, 7) is 6.00. The third-order valence-corrected chi connectivity index (χ3v) is 6.70. The Morgan fingerprint density at radius 2 is 2.03 bits per heavy atom. The van der Waals surface area contributed by atoms with Gasteiger partial charge >= 0.3 is 0 Å². The second-order valence-corrected chi connectivity index (χ2v) is 8.95. The molecule has 0 radical (unpaired) electrons. The first-order chi connectivity index (χ1) is 14.5. The normalized spacial score (nSPS) is 17.6. The molecule has 2 heterocycles. The lowest BCUT2D eigenvalue weighted by Gasteiger charge is -2.13. The number of thiazole rings is 1. The lowest BCUT2D eigenvalue weighted by Crippen LogP contribution is -2.33. The average Bonchev–Trinajstić information content (AvgIpc) is 3.26. The number of anilines is 1. The van der Waals surface area contributed by atoms with Crippen molar-refractivity contribution < 1.29 is 9.59 Å². The molecule has 1 atom stereocenters. The smallest absolute Gasteiger partial charge is 0.242 e. The number of aromatic nitrogens is 1. The number of benzene rings is 2. The number of thioether (sulfide) groups is 1. The maximum atomic E-state index is 12.9. The van der Waals surface area contributed by atoms with Crippen LogP contribution in [0.3, 0.4) is 0 Å². The number of rotatable bonds is 6. The van der Waals surface area contributed by atoms with Crippen molar-refractivity contribution in [2.45, 2.75) is 18.6 Å². The number of para-hydroxylation sites is 2. The number of hydrogen-bond donors (Lipinski definition) is 1. The average molecular weight is 437 g/mol. The fourth-order valence-corrected chi connectivity index (χ4v) is 5.14. The van der Waals surface area contributed by atoms with Gasteiger partial charge in [-0.2, -0.15) is 4.99 Å². The van der Waals surface area contributed by atoms with Crippen LogP contribution in [0.5, 0.6) is 0 Å². The molecule has 1 aromatic heterocycles. The second kappa shape index (κ2) is 8.81. The first kappa shape index (κ1) is 20.3. The van der Waals surface area contributed by atoms with Crippen molar-refractivity contribution in [3.8, 4) is 0 Å². The van der Waals surface area contributed by atoms with Crippen LogP contribution in [0.15, 0.2) is 66.2 Å². The molecule has 3 aromatic rings. The predicted molar refractivity (Wildman–Crippen MR) is 124 cm³/mol. The van der Waals surface area contributed by atoms with E-state index in [-0.39, 0.29) is 18.2 Å². The van der Waals surface area contributed by atoms with Crippen LogP contribution in [0.1, 0.15) is 12.0 Å². The number of amidine groups is 1. The van der Waals surface area contributed by atoms with Gasteiger partial charge in [-0.25, -0.2) is 4.98 Å². The van der Waals surface area contributed by atoms with E-state index in [0.717, 1.165) is 21.5 Å². The molecule has 1 aliphatic rings. The molecule has 2 aromatic carbocycles. The van der Waals surface area contributed by atoms with Crippen LogP contribution < -0.4 is 5.32 Å². The van der Waals surface area contributed by atoms with Crippen molar-refractivity contribution in [3.05, 3.63) is 66.7 Å². The molecule has 8 heteroatoms. The van der Waals surface area contributed by atoms with E-state index in [9.17, 15) is 9.59 Å². The highest BCUT2D eigenvalue weighted by atomic mass is 32.2. The number of aryl methyl sites for hydroxylation is 1. The summed E-state index contributed by atoms with van der Waals surface area (Å²) >= 11 is 2.77. The van der Waals surface area contributed by atoms with Crippen LogP contribution in [-0.4, -0.2) is 38.7 Å². The highest BCUT2D eigenvalue weighted by molar-refractivity contribution is 8.15. The molecule has 152 valence electrons. The summed E-state index contributed by atoms with van der Waals surface area (Å²) in [6.07, 6.45) is 1.73. The quantitative estimate of drug-likeness (QED) is 0.566. The number of hydrogen-bond acceptors (Lipinski definition) is 6. The Morgan fingerprint density at radius 3 is 2.80 bits per heavy atom. The van der Waals surface area contributed by atoms with Crippen LogP contribution in [-0.2, 0) is 9.59 Å². The molecule has 1 fully saturated rings. The van der Waals surface area contributed by atoms with Crippen LogP contribution in [0.2, 0.25) is 0 Å².